The summed E-state index contributed by atoms with van der Waals surface area (Å²) >= 11 is 0. The quantitative estimate of drug-likeness (QED) is 0.676. The van der Waals surface area contributed by atoms with E-state index in [0.717, 1.165) is 52.9 Å². The van der Waals surface area contributed by atoms with Crippen molar-refractivity contribution >= 4 is 17.1 Å². The van der Waals surface area contributed by atoms with Crippen molar-refractivity contribution in [2.75, 3.05) is 24.6 Å². The number of ether oxygens (including phenoxy) is 1. The fraction of sp³-hybridized carbons (Fsp3) is 0.500. The average molecular weight is 390 g/mol. The van der Waals surface area contributed by atoms with Crippen LogP contribution in [0, 0.1) is 20.8 Å². The van der Waals surface area contributed by atoms with E-state index in [0.29, 0.717) is 18.2 Å². The first-order chi connectivity index (χ1) is 14.1. The lowest BCUT2D eigenvalue weighted by molar-refractivity contribution is 0.0391. The minimum Gasteiger partial charge on any atom is -0.370 e. The lowest BCUT2D eigenvalue weighted by atomic mass is 9.82. The molecule has 0 N–H and O–H groups in total. The van der Waals surface area contributed by atoms with Gasteiger partial charge in [-0.05, 0) is 51.3 Å². The fourth-order valence-electron chi connectivity index (χ4n) is 4.03. The van der Waals surface area contributed by atoms with E-state index in [1.165, 1.54) is 19.3 Å². The minimum absolute atomic E-state index is 0.0114. The van der Waals surface area contributed by atoms with E-state index >= 15 is 0 Å². The molecule has 7 nitrogen and oxygen atoms in total. The van der Waals surface area contributed by atoms with Crippen molar-refractivity contribution in [1.82, 2.24) is 24.9 Å². The highest BCUT2D eigenvalue weighted by atomic mass is 16.5. The van der Waals surface area contributed by atoms with Crippen LogP contribution in [-0.2, 0) is 4.74 Å². The zero-order valence-electron chi connectivity index (χ0n) is 17.2. The summed E-state index contributed by atoms with van der Waals surface area (Å²) in [7, 11) is 0. The lowest BCUT2D eigenvalue weighted by Crippen LogP contribution is -2.39. The molecule has 0 amide bonds. The van der Waals surface area contributed by atoms with Gasteiger partial charge in [0.05, 0.1) is 30.2 Å². The third-order valence-corrected chi connectivity index (χ3v) is 6.09. The summed E-state index contributed by atoms with van der Waals surface area (Å²) in [6.07, 6.45) is 5.42. The van der Waals surface area contributed by atoms with Crippen molar-refractivity contribution in [1.29, 1.82) is 0 Å². The van der Waals surface area contributed by atoms with Crippen molar-refractivity contribution in [2.45, 2.75) is 52.1 Å². The molecule has 2 fully saturated rings. The highest BCUT2D eigenvalue weighted by Crippen LogP contribution is 2.38. The van der Waals surface area contributed by atoms with Crippen LogP contribution in [0.15, 0.2) is 18.3 Å². The fourth-order valence-corrected chi connectivity index (χ4v) is 4.03. The highest BCUT2D eigenvalue weighted by molar-refractivity contribution is 5.75. The van der Waals surface area contributed by atoms with Crippen LogP contribution in [0.25, 0.3) is 11.2 Å². The van der Waals surface area contributed by atoms with Crippen LogP contribution < -0.4 is 4.90 Å². The van der Waals surface area contributed by atoms with Gasteiger partial charge in [-0.25, -0.2) is 15.0 Å². The molecule has 1 saturated heterocycles. The van der Waals surface area contributed by atoms with Crippen molar-refractivity contribution in [3.63, 3.8) is 0 Å². The summed E-state index contributed by atoms with van der Waals surface area (Å²) in [6, 6.07) is 4.12. The molecular formula is C22H26N6O. The molecule has 1 atom stereocenters. The molecule has 3 aromatic heterocycles. The Morgan fingerprint density at radius 2 is 1.86 bits per heavy atom. The van der Waals surface area contributed by atoms with Gasteiger partial charge in [-0.1, -0.05) is 6.42 Å². The second-order valence-corrected chi connectivity index (χ2v) is 8.14. The first kappa shape index (κ1) is 18.4. The monoisotopic (exact) mass is 390 g/mol. The molecule has 0 spiro atoms. The third kappa shape index (κ3) is 3.44. The van der Waals surface area contributed by atoms with Gasteiger partial charge in [-0.15, -0.1) is 0 Å². The molecule has 1 aliphatic heterocycles. The number of hydrogen-bond acceptors (Lipinski definition) is 7. The number of aryl methyl sites for hydroxylation is 3. The molecule has 1 aliphatic carbocycles. The van der Waals surface area contributed by atoms with Crippen molar-refractivity contribution in [3.05, 3.63) is 46.7 Å². The van der Waals surface area contributed by atoms with Crippen LogP contribution in [0.1, 0.15) is 59.6 Å². The third-order valence-electron chi connectivity index (χ3n) is 6.09. The lowest BCUT2D eigenvalue weighted by Gasteiger charge is -2.34. The minimum atomic E-state index is -0.0114. The standard InChI is InChI=1S/C22H26N6O/c1-13-11-17(7-8-23-13)18-12-28(9-10-29-18)22-26-19(16-5-4-6-16)20-21(27-22)25-15(3)14(2)24-20/h7-8,11,16,18H,4-6,9-10,12H2,1-3H3. The van der Waals surface area contributed by atoms with E-state index in [9.17, 15) is 0 Å². The SMILES string of the molecule is Cc1cc(C2CN(c3nc(C4CCC4)c4nc(C)c(C)nc4n3)CCO2)ccn1. The molecule has 4 heterocycles. The first-order valence-corrected chi connectivity index (χ1v) is 10.4. The molecule has 1 unspecified atom stereocenters. The molecule has 29 heavy (non-hydrogen) atoms. The van der Waals surface area contributed by atoms with Gasteiger partial charge in [0.2, 0.25) is 5.95 Å². The maximum atomic E-state index is 6.05. The Hall–Kier alpha value is -2.67. The Morgan fingerprint density at radius 1 is 1.03 bits per heavy atom. The maximum absolute atomic E-state index is 6.05. The van der Waals surface area contributed by atoms with E-state index in [4.69, 9.17) is 24.7 Å². The molecule has 0 radical (unpaired) electrons. The Morgan fingerprint density at radius 3 is 2.62 bits per heavy atom. The van der Waals surface area contributed by atoms with E-state index in [-0.39, 0.29) is 6.10 Å². The van der Waals surface area contributed by atoms with Gasteiger partial charge in [0.15, 0.2) is 5.65 Å². The Labute approximate surface area is 170 Å². The number of pyridine rings is 1. The summed E-state index contributed by atoms with van der Waals surface area (Å²) < 4.78 is 6.05. The molecular weight excluding hydrogens is 364 g/mol. The Bertz CT molecular complexity index is 1060. The molecule has 3 aromatic rings. The van der Waals surface area contributed by atoms with Crippen LogP contribution >= 0.6 is 0 Å². The Balaban J connectivity index is 1.53. The zero-order chi connectivity index (χ0) is 20.0. The molecule has 0 aromatic carbocycles. The topological polar surface area (TPSA) is 76.9 Å². The Kier molecular flexibility index (Phi) is 4.62. The number of rotatable bonds is 3. The highest BCUT2D eigenvalue weighted by Gasteiger charge is 2.29. The maximum Gasteiger partial charge on any atom is 0.227 e. The van der Waals surface area contributed by atoms with Gasteiger partial charge in [0.25, 0.3) is 0 Å². The number of fused-ring (bicyclic) bond motifs is 1. The van der Waals surface area contributed by atoms with Crippen LogP contribution in [-0.4, -0.2) is 44.6 Å². The predicted molar refractivity (Wildman–Crippen MR) is 111 cm³/mol. The van der Waals surface area contributed by atoms with Crippen molar-refractivity contribution in [2.24, 2.45) is 0 Å². The van der Waals surface area contributed by atoms with Crippen LogP contribution in [0.2, 0.25) is 0 Å². The number of morpholine rings is 1. The number of anilines is 1. The summed E-state index contributed by atoms with van der Waals surface area (Å²) in [5.41, 5.74) is 6.67. The van der Waals surface area contributed by atoms with Gasteiger partial charge in [-0.3, -0.25) is 4.98 Å². The molecule has 5 rings (SSSR count). The number of hydrogen-bond donors (Lipinski definition) is 0. The summed E-state index contributed by atoms with van der Waals surface area (Å²) in [4.78, 5) is 25.9. The smallest absolute Gasteiger partial charge is 0.227 e. The summed E-state index contributed by atoms with van der Waals surface area (Å²) in [5, 5.41) is 0. The molecule has 150 valence electrons. The van der Waals surface area contributed by atoms with Crippen LogP contribution in [0.5, 0.6) is 0 Å². The van der Waals surface area contributed by atoms with Crippen LogP contribution in [0.4, 0.5) is 5.95 Å². The molecule has 7 heteroatoms. The summed E-state index contributed by atoms with van der Waals surface area (Å²) in [6.45, 7) is 8.13. The first-order valence-electron chi connectivity index (χ1n) is 10.4. The second-order valence-electron chi connectivity index (χ2n) is 8.14. The van der Waals surface area contributed by atoms with E-state index in [1.54, 1.807) is 0 Å². The van der Waals surface area contributed by atoms with Crippen LogP contribution in [0.3, 0.4) is 0 Å². The van der Waals surface area contributed by atoms with Gasteiger partial charge >= 0.3 is 0 Å². The van der Waals surface area contributed by atoms with Crippen molar-refractivity contribution in [3.8, 4) is 0 Å². The molecule has 1 saturated carbocycles. The average Bonchev–Trinajstić information content (AvgIpc) is 2.68. The summed E-state index contributed by atoms with van der Waals surface area (Å²) in [5.74, 6) is 1.21. The van der Waals surface area contributed by atoms with E-state index in [2.05, 4.69) is 16.0 Å². The van der Waals surface area contributed by atoms with E-state index < -0.39 is 0 Å². The zero-order valence-corrected chi connectivity index (χ0v) is 17.2. The van der Waals surface area contributed by atoms with E-state index in [1.807, 2.05) is 33.0 Å². The van der Waals surface area contributed by atoms with Gasteiger partial charge < -0.3 is 9.64 Å². The molecule has 2 aliphatic rings. The van der Waals surface area contributed by atoms with Gasteiger partial charge in [0, 0.05) is 24.4 Å². The van der Waals surface area contributed by atoms with Gasteiger partial charge in [0.1, 0.15) is 11.6 Å². The largest absolute Gasteiger partial charge is 0.370 e. The van der Waals surface area contributed by atoms with Crippen molar-refractivity contribution < 1.29 is 4.74 Å². The molecule has 0 bridgehead atoms. The normalized spacial score (nSPS) is 20.1. The second kappa shape index (κ2) is 7.30. The number of aromatic nitrogens is 5. The predicted octanol–water partition coefficient (Wildman–Crippen LogP) is 3.59. The van der Waals surface area contributed by atoms with Gasteiger partial charge in [-0.2, -0.15) is 4.98 Å². The number of nitrogens with zero attached hydrogens (tertiary/aromatic N) is 6.